The van der Waals surface area contributed by atoms with Crippen molar-refractivity contribution >= 4 is 34.3 Å². The van der Waals surface area contributed by atoms with Crippen LogP contribution in [0.2, 0.25) is 0 Å². The molecule has 7 heteroatoms. The minimum atomic E-state index is 0.577. The zero-order valence-electron chi connectivity index (χ0n) is 15.7. The van der Waals surface area contributed by atoms with Crippen LogP contribution in [-0.2, 0) is 11.3 Å². The van der Waals surface area contributed by atoms with Crippen LogP contribution in [0.4, 0.5) is 0 Å². The molecule has 0 radical (unpaired) electrons. The van der Waals surface area contributed by atoms with E-state index in [-0.39, 0.29) is 0 Å². The lowest BCUT2D eigenvalue weighted by Crippen LogP contribution is -2.31. The Morgan fingerprint density at radius 1 is 1.12 bits per heavy atom. The number of thiophene rings is 1. The predicted octanol–water partition coefficient (Wildman–Crippen LogP) is 3.89. The molecular weight excluding hydrogens is 368 g/mol. The number of ether oxygens (including phenoxy) is 2. The van der Waals surface area contributed by atoms with Crippen LogP contribution in [0.5, 0.6) is 11.5 Å². The van der Waals surface area contributed by atoms with Crippen molar-refractivity contribution in [3.63, 3.8) is 0 Å². The van der Waals surface area contributed by atoms with Crippen LogP contribution < -0.4 is 14.8 Å². The SMILES string of the molecule is CON=C(C(=S)NCCc1ccc(OC)c(OC)c1)c1cc(C)c(C)s1. The molecule has 1 N–H and O–H groups in total. The van der Waals surface area contributed by atoms with Gasteiger partial charge in [-0.2, -0.15) is 0 Å². The number of methoxy groups -OCH3 is 2. The third-order valence-electron chi connectivity index (χ3n) is 3.94. The lowest BCUT2D eigenvalue weighted by Gasteiger charge is -2.11. The highest BCUT2D eigenvalue weighted by Gasteiger charge is 2.15. The van der Waals surface area contributed by atoms with E-state index in [1.807, 2.05) is 18.2 Å². The van der Waals surface area contributed by atoms with Gasteiger partial charge >= 0.3 is 0 Å². The van der Waals surface area contributed by atoms with E-state index in [0.29, 0.717) is 17.2 Å². The summed E-state index contributed by atoms with van der Waals surface area (Å²) in [5, 5.41) is 7.38. The summed E-state index contributed by atoms with van der Waals surface area (Å²) in [6.07, 6.45) is 0.795. The van der Waals surface area contributed by atoms with Gasteiger partial charge in [0.1, 0.15) is 12.1 Å². The van der Waals surface area contributed by atoms with Crippen molar-refractivity contribution in [3.8, 4) is 11.5 Å². The summed E-state index contributed by atoms with van der Waals surface area (Å²) in [6, 6.07) is 7.98. The molecule has 0 saturated heterocycles. The summed E-state index contributed by atoms with van der Waals surface area (Å²) in [6.45, 7) is 4.84. The highest BCUT2D eigenvalue weighted by molar-refractivity contribution is 7.82. The van der Waals surface area contributed by atoms with Crippen molar-refractivity contribution in [1.82, 2.24) is 5.32 Å². The van der Waals surface area contributed by atoms with Crippen molar-refractivity contribution in [1.29, 1.82) is 0 Å². The Balaban J connectivity index is 2.01. The number of hydrogen-bond acceptors (Lipinski definition) is 6. The van der Waals surface area contributed by atoms with Gasteiger partial charge in [-0.05, 0) is 49.6 Å². The van der Waals surface area contributed by atoms with E-state index in [1.165, 1.54) is 17.6 Å². The van der Waals surface area contributed by atoms with Crippen molar-refractivity contribution < 1.29 is 14.3 Å². The Morgan fingerprint density at radius 2 is 1.85 bits per heavy atom. The first-order chi connectivity index (χ1) is 12.5. The molecule has 2 aromatic rings. The number of oxime groups is 1. The molecule has 0 amide bonds. The summed E-state index contributed by atoms with van der Waals surface area (Å²) in [5.74, 6) is 1.44. The molecule has 1 heterocycles. The molecule has 0 aliphatic rings. The summed E-state index contributed by atoms with van der Waals surface area (Å²) in [7, 11) is 4.79. The van der Waals surface area contributed by atoms with E-state index >= 15 is 0 Å². The molecule has 1 aromatic heterocycles. The molecule has 0 aliphatic carbocycles. The standard InChI is InChI=1S/C19H24N2O3S2/c1-12-10-17(26-13(12)2)18(21-24-5)19(25)20-9-8-14-6-7-15(22-3)16(11-14)23-4/h6-7,10-11H,8-9H2,1-5H3,(H,20,25). The van der Waals surface area contributed by atoms with E-state index in [1.54, 1.807) is 25.6 Å². The van der Waals surface area contributed by atoms with Crippen LogP contribution in [0.3, 0.4) is 0 Å². The Bertz CT molecular complexity index is 781. The minimum Gasteiger partial charge on any atom is -0.493 e. The van der Waals surface area contributed by atoms with Gasteiger partial charge in [0.15, 0.2) is 17.2 Å². The quantitative estimate of drug-likeness (QED) is 0.420. The first-order valence-electron chi connectivity index (χ1n) is 8.17. The lowest BCUT2D eigenvalue weighted by atomic mass is 10.1. The highest BCUT2D eigenvalue weighted by Crippen LogP contribution is 2.27. The Labute approximate surface area is 164 Å². The number of hydrogen-bond donors (Lipinski definition) is 1. The number of aryl methyl sites for hydroxylation is 2. The van der Waals surface area contributed by atoms with Gasteiger partial charge in [0.2, 0.25) is 0 Å². The van der Waals surface area contributed by atoms with Crippen molar-refractivity contribution in [2.24, 2.45) is 5.16 Å². The van der Waals surface area contributed by atoms with E-state index in [9.17, 15) is 0 Å². The molecule has 0 aliphatic heterocycles. The first kappa shape index (κ1) is 20.2. The molecule has 140 valence electrons. The molecule has 0 atom stereocenters. The van der Waals surface area contributed by atoms with Crippen LogP contribution in [0, 0.1) is 13.8 Å². The Kier molecular flexibility index (Phi) is 7.41. The molecule has 0 unspecified atom stereocenters. The van der Waals surface area contributed by atoms with Gasteiger partial charge in [0, 0.05) is 11.4 Å². The van der Waals surface area contributed by atoms with E-state index < -0.39 is 0 Å². The number of nitrogens with one attached hydrogen (secondary N) is 1. The molecule has 0 saturated carbocycles. The molecule has 0 bridgehead atoms. The van der Waals surface area contributed by atoms with Crippen LogP contribution in [0.25, 0.3) is 0 Å². The molecule has 0 fully saturated rings. The fourth-order valence-corrected chi connectivity index (χ4v) is 3.76. The fourth-order valence-electron chi connectivity index (χ4n) is 2.42. The summed E-state index contributed by atoms with van der Waals surface area (Å²) in [5.41, 5.74) is 3.02. The van der Waals surface area contributed by atoms with Gasteiger partial charge in [-0.25, -0.2) is 0 Å². The maximum Gasteiger partial charge on any atom is 0.160 e. The van der Waals surface area contributed by atoms with Gasteiger partial charge in [0.05, 0.1) is 19.1 Å². The van der Waals surface area contributed by atoms with Gasteiger partial charge in [0.25, 0.3) is 0 Å². The number of benzene rings is 1. The van der Waals surface area contributed by atoms with Crippen LogP contribution in [0.1, 0.15) is 20.9 Å². The topological polar surface area (TPSA) is 52.1 Å². The van der Waals surface area contributed by atoms with E-state index in [2.05, 4.69) is 30.4 Å². The largest absolute Gasteiger partial charge is 0.493 e. The zero-order valence-corrected chi connectivity index (χ0v) is 17.3. The first-order valence-corrected chi connectivity index (χ1v) is 9.40. The zero-order chi connectivity index (χ0) is 19.1. The van der Waals surface area contributed by atoms with E-state index in [4.69, 9.17) is 26.5 Å². The molecule has 0 spiro atoms. The van der Waals surface area contributed by atoms with Gasteiger partial charge in [-0.1, -0.05) is 23.4 Å². The average molecular weight is 393 g/mol. The summed E-state index contributed by atoms with van der Waals surface area (Å²) in [4.78, 5) is 7.82. The number of nitrogens with zero attached hydrogens (tertiary/aromatic N) is 1. The lowest BCUT2D eigenvalue weighted by molar-refractivity contribution is 0.214. The molecule has 26 heavy (non-hydrogen) atoms. The molecule has 2 rings (SSSR count). The number of thiocarbonyl (C=S) groups is 1. The summed E-state index contributed by atoms with van der Waals surface area (Å²) < 4.78 is 10.6. The van der Waals surface area contributed by atoms with Gasteiger partial charge < -0.3 is 19.6 Å². The minimum absolute atomic E-state index is 0.577. The van der Waals surface area contributed by atoms with Crippen LogP contribution in [-0.4, -0.2) is 38.6 Å². The normalized spacial score (nSPS) is 11.2. The average Bonchev–Trinajstić information content (AvgIpc) is 2.97. The summed E-state index contributed by atoms with van der Waals surface area (Å²) >= 11 is 7.18. The third-order valence-corrected chi connectivity index (χ3v) is 5.44. The van der Waals surface area contributed by atoms with Crippen LogP contribution >= 0.6 is 23.6 Å². The fraction of sp³-hybridized carbons (Fsp3) is 0.368. The van der Waals surface area contributed by atoms with Crippen molar-refractivity contribution in [2.45, 2.75) is 20.3 Å². The number of rotatable bonds is 8. The second-order valence-corrected chi connectivity index (χ2v) is 7.33. The molecule has 5 nitrogen and oxygen atoms in total. The second kappa shape index (κ2) is 9.54. The predicted molar refractivity (Wildman–Crippen MR) is 111 cm³/mol. The third kappa shape index (κ3) is 4.95. The maximum atomic E-state index is 5.52. The monoisotopic (exact) mass is 392 g/mol. The smallest absolute Gasteiger partial charge is 0.160 e. The van der Waals surface area contributed by atoms with E-state index in [0.717, 1.165) is 28.4 Å². The van der Waals surface area contributed by atoms with Crippen molar-refractivity contribution in [3.05, 3.63) is 45.1 Å². The highest BCUT2D eigenvalue weighted by atomic mass is 32.1. The second-order valence-electron chi connectivity index (χ2n) is 5.67. The Hall–Kier alpha value is -2.12. The van der Waals surface area contributed by atoms with Gasteiger partial charge in [-0.3, -0.25) is 0 Å². The maximum absolute atomic E-state index is 5.52. The van der Waals surface area contributed by atoms with Crippen LogP contribution in [0.15, 0.2) is 29.4 Å². The Morgan fingerprint density at radius 3 is 2.42 bits per heavy atom. The molecular formula is C19H24N2O3S2. The van der Waals surface area contributed by atoms with Gasteiger partial charge in [-0.15, -0.1) is 11.3 Å². The molecule has 1 aromatic carbocycles. The van der Waals surface area contributed by atoms with Crippen molar-refractivity contribution in [2.75, 3.05) is 27.9 Å².